The van der Waals surface area contributed by atoms with Crippen LogP contribution in [0, 0.1) is 11.8 Å². The molecule has 1 saturated carbocycles. The fourth-order valence-corrected chi connectivity index (χ4v) is 5.08. The van der Waals surface area contributed by atoms with E-state index >= 15 is 0 Å². The molecule has 1 aromatic heterocycles. The lowest BCUT2D eigenvalue weighted by Gasteiger charge is -2.33. The summed E-state index contributed by atoms with van der Waals surface area (Å²) >= 11 is 0. The lowest BCUT2D eigenvalue weighted by atomic mass is 9.82. The Balaban J connectivity index is 0.000000302. The second-order valence-corrected chi connectivity index (χ2v) is 10.6. The SMILES string of the molecule is O=C(CCN1CCCC1)NC1(C#Cc2cnc3ccccc3c2)CCCCC1.O=C(O)CC(O)(CC(=O)O)C(=O)O. The van der Waals surface area contributed by atoms with Gasteiger partial charge in [-0.15, -0.1) is 0 Å². The lowest BCUT2D eigenvalue weighted by Crippen LogP contribution is -2.49. The van der Waals surface area contributed by atoms with Crippen LogP contribution in [0.25, 0.3) is 10.9 Å². The average molecular weight is 568 g/mol. The molecule has 0 spiro atoms. The van der Waals surface area contributed by atoms with Crippen molar-refractivity contribution < 1.29 is 39.6 Å². The van der Waals surface area contributed by atoms with Gasteiger partial charge in [0.25, 0.3) is 0 Å². The van der Waals surface area contributed by atoms with Crippen molar-refractivity contribution in [2.45, 2.75) is 75.3 Å². The van der Waals surface area contributed by atoms with Gasteiger partial charge in [0, 0.05) is 30.1 Å². The second-order valence-electron chi connectivity index (χ2n) is 10.6. The zero-order valence-electron chi connectivity index (χ0n) is 23.0. The van der Waals surface area contributed by atoms with E-state index in [0.29, 0.717) is 6.42 Å². The van der Waals surface area contributed by atoms with Crippen LogP contribution >= 0.6 is 0 Å². The van der Waals surface area contributed by atoms with Gasteiger partial charge in [-0.1, -0.05) is 49.3 Å². The van der Waals surface area contributed by atoms with Crippen LogP contribution in [0.2, 0.25) is 0 Å². The van der Waals surface area contributed by atoms with E-state index in [4.69, 9.17) is 20.4 Å². The van der Waals surface area contributed by atoms with Crippen LogP contribution in [0.4, 0.5) is 0 Å². The van der Waals surface area contributed by atoms with Crippen molar-refractivity contribution in [3.63, 3.8) is 0 Å². The van der Waals surface area contributed by atoms with Gasteiger partial charge in [-0.05, 0) is 50.9 Å². The van der Waals surface area contributed by atoms with Gasteiger partial charge >= 0.3 is 17.9 Å². The highest BCUT2D eigenvalue weighted by atomic mass is 16.4. The van der Waals surface area contributed by atoms with Gasteiger partial charge < -0.3 is 30.6 Å². The number of carboxylic acid groups (broad SMARTS) is 3. The normalized spacial score (nSPS) is 16.5. The summed E-state index contributed by atoms with van der Waals surface area (Å²) in [5.41, 5.74) is -1.23. The molecule has 11 nitrogen and oxygen atoms in total. The number of pyridine rings is 1. The molecule has 2 aromatic rings. The third-order valence-corrected chi connectivity index (χ3v) is 7.26. The number of carbonyl (C=O) groups is 4. The number of carboxylic acids is 3. The Bertz CT molecular complexity index is 1290. The molecule has 5 N–H and O–H groups in total. The molecule has 2 fully saturated rings. The van der Waals surface area contributed by atoms with E-state index in [1.165, 1.54) is 19.3 Å². The van der Waals surface area contributed by atoms with Gasteiger partial charge in [0.15, 0.2) is 5.60 Å². The summed E-state index contributed by atoms with van der Waals surface area (Å²) in [5.74, 6) is 1.87. The van der Waals surface area contributed by atoms with E-state index in [9.17, 15) is 19.2 Å². The topological polar surface area (TPSA) is 177 Å². The average Bonchev–Trinajstić information content (AvgIpc) is 3.45. The number of aliphatic carboxylic acids is 3. The Morgan fingerprint density at radius 1 is 0.951 bits per heavy atom. The molecule has 2 aliphatic rings. The van der Waals surface area contributed by atoms with E-state index in [2.05, 4.69) is 39.2 Å². The van der Waals surface area contributed by atoms with E-state index in [1.54, 1.807) is 0 Å². The van der Waals surface area contributed by atoms with Crippen LogP contribution < -0.4 is 5.32 Å². The first-order valence-electron chi connectivity index (χ1n) is 13.8. The summed E-state index contributed by atoms with van der Waals surface area (Å²) in [7, 11) is 0. The molecule has 1 amide bonds. The van der Waals surface area contributed by atoms with Gasteiger partial charge in [-0.25, -0.2) is 4.79 Å². The Hall–Kier alpha value is -4.01. The van der Waals surface area contributed by atoms with Gasteiger partial charge in [-0.2, -0.15) is 0 Å². The molecular formula is C30H37N3O8. The number of hydrogen-bond acceptors (Lipinski definition) is 7. The number of benzene rings is 1. The molecular weight excluding hydrogens is 530 g/mol. The van der Waals surface area contributed by atoms with Crippen molar-refractivity contribution in [2.24, 2.45) is 0 Å². The zero-order chi connectivity index (χ0) is 29.9. The summed E-state index contributed by atoms with van der Waals surface area (Å²) < 4.78 is 0. The fraction of sp³-hybridized carbons (Fsp3) is 0.500. The van der Waals surface area contributed by atoms with Crippen LogP contribution in [0.1, 0.15) is 69.8 Å². The highest BCUT2D eigenvalue weighted by Gasteiger charge is 2.40. The monoisotopic (exact) mass is 567 g/mol. The number of amides is 1. The number of rotatable bonds is 9. The van der Waals surface area contributed by atoms with E-state index in [1.807, 2.05) is 24.4 Å². The molecule has 2 heterocycles. The molecule has 0 bridgehead atoms. The summed E-state index contributed by atoms with van der Waals surface area (Å²) in [6, 6.07) is 10.2. The Labute approximate surface area is 238 Å². The van der Waals surface area contributed by atoms with Crippen molar-refractivity contribution in [1.82, 2.24) is 15.2 Å². The number of aromatic nitrogens is 1. The van der Waals surface area contributed by atoms with Gasteiger partial charge in [0.05, 0.1) is 18.4 Å². The Kier molecular flexibility index (Phi) is 11.2. The molecule has 41 heavy (non-hydrogen) atoms. The number of aliphatic hydroxyl groups is 1. The first-order chi connectivity index (χ1) is 19.5. The predicted molar refractivity (Wildman–Crippen MR) is 150 cm³/mol. The van der Waals surface area contributed by atoms with Crippen LogP contribution in [0.15, 0.2) is 36.5 Å². The summed E-state index contributed by atoms with van der Waals surface area (Å²) in [4.78, 5) is 50.0. The molecule has 0 atom stereocenters. The number of para-hydroxylation sites is 1. The van der Waals surface area contributed by atoms with Crippen LogP contribution in [0.3, 0.4) is 0 Å². The molecule has 4 rings (SSSR count). The van der Waals surface area contributed by atoms with Crippen LogP contribution in [-0.2, 0) is 19.2 Å². The molecule has 1 aromatic carbocycles. The van der Waals surface area contributed by atoms with Crippen molar-refractivity contribution in [3.8, 4) is 11.8 Å². The maximum absolute atomic E-state index is 12.6. The molecule has 1 aliphatic carbocycles. The maximum atomic E-state index is 12.6. The van der Waals surface area contributed by atoms with Crippen molar-refractivity contribution in [2.75, 3.05) is 19.6 Å². The first kappa shape index (κ1) is 31.5. The summed E-state index contributed by atoms with van der Waals surface area (Å²) in [6.45, 7) is 3.13. The number of nitrogens with zero attached hydrogens (tertiary/aromatic N) is 2. The molecule has 1 aliphatic heterocycles. The quantitative estimate of drug-likeness (QED) is 0.283. The molecule has 0 unspecified atom stereocenters. The van der Waals surface area contributed by atoms with E-state index in [0.717, 1.165) is 61.8 Å². The highest BCUT2D eigenvalue weighted by Crippen LogP contribution is 2.28. The standard InChI is InChI=1S/C24H29N3O.C6H8O7/c28-23(11-17-27-15-6-7-16-27)26-24(12-4-1-5-13-24)14-10-20-18-21-8-2-3-9-22(21)25-19-20;7-3(8)1-6(13,5(11)12)2-4(9)10/h2-3,8-9,18-19H,1,4-7,11-13,15-17H2,(H,26,28);13H,1-2H2,(H,7,8)(H,9,10)(H,11,12). The zero-order valence-corrected chi connectivity index (χ0v) is 23.0. The van der Waals surface area contributed by atoms with Crippen molar-refractivity contribution in [1.29, 1.82) is 0 Å². The minimum absolute atomic E-state index is 0.139. The third kappa shape index (κ3) is 9.84. The van der Waals surface area contributed by atoms with Gasteiger partial charge in [0.2, 0.25) is 5.91 Å². The maximum Gasteiger partial charge on any atom is 0.336 e. The van der Waals surface area contributed by atoms with Gasteiger partial charge in [-0.3, -0.25) is 19.4 Å². The molecule has 1 saturated heterocycles. The number of fused-ring (bicyclic) bond motifs is 1. The first-order valence-corrected chi connectivity index (χ1v) is 13.8. The lowest BCUT2D eigenvalue weighted by molar-refractivity contribution is -0.170. The Morgan fingerprint density at radius 2 is 1.59 bits per heavy atom. The number of carbonyl (C=O) groups excluding carboxylic acids is 1. The fourth-order valence-electron chi connectivity index (χ4n) is 5.08. The smallest absolute Gasteiger partial charge is 0.336 e. The van der Waals surface area contributed by atoms with E-state index < -0.39 is 36.4 Å². The summed E-state index contributed by atoms with van der Waals surface area (Å²) in [6.07, 6.45) is 7.99. The van der Waals surface area contributed by atoms with Crippen LogP contribution in [0.5, 0.6) is 0 Å². The van der Waals surface area contributed by atoms with Crippen LogP contribution in [-0.4, -0.2) is 84.9 Å². The highest BCUT2D eigenvalue weighted by molar-refractivity contribution is 5.88. The number of likely N-dealkylation sites (tertiary alicyclic amines) is 1. The van der Waals surface area contributed by atoms with E-state index in [-0.39, 0.29) is 11.4 Å². The number of hydrogen-bond donors (Lipinski definition) is 5. The second kappa shape index (κ2) is 14.6. The third-order valence-electron chi connectivity index (χ3n) is 7.26. The molecule has 220 valence electrons. The van der Waals surface area contributed by atoms with Crippen molar-refractivity contribution >= 4 is 34.7 Å². The predicted octanol–water partition coefficient (Wildman–Crippen LogP) is 2.64. The Morgan fingerprint density at radius 3 is 2.20 bits per heavy atom. The molecule has 11 heteroatoms. The molecule has 0 radical (unpaired) electrons. The minimum Gasteiger partial charge on any atom is -0.481 e. The van der Waals surface area contributed by atoms with Gasteiger partial charge in [0.1, 0.15) is 5.54 Å². The number of nitrogens with one attached hydrogen (secondary N) is 1. The largest absolute Gasteiger partial charge is 0.481 e. The van der Waals surface area contributed by atoms with Crippen molar-refractivity contribution in [3.05, 3.63) is 42.1 Å². The summed E-state index contributed by atoms with van der Waals surface area (Å²) in [5, 5.41) is 38.2. The minimum atomic E-state index is -2.74.